The number of methoxy groups -OCH3 is 1. The molecule has 1 unspecified atom stereocenters. The maximum atomic E-state index is 13.0. The van der Waals surface area contributed by atoms with Gasteiger partial charge in [0.1, 0.15) is 11.9 Å². The van der Waals surface area contributed by atoms with Gasteiger partial charge >= 0.3 is 5.69 Å². The van der Waals surface area contributed by atoms with E-state index in [1.165, 1.54) is 25.3 Å². The maximum Gasteiger partial charge on any atom is 0.311 e. The largest absolute Gasteiger partial charge is 0.490 e. The van der Waals surface area contributed by atoms with Crippen molar-refractivity contribution in [1.29, 1.82) is 0 Å². The number of nitrogens with zero attached hydrogens (tertiary/aromatic N) is 2. The Bertz CT molecular complexity index is 821. The zero-order valence-electron chi connectivity index (χ0n) is 14.0. The van der Waals surface area contributed by atoms with E-state index in [-0.39, 0.29) is 29.0 Å². The second kappa shape index (κ2) is 6.80. The molecule has 0 spiro atoms. The van der Waals surface area contributed by atoms with E-state index in [4.69, 9.17) is 9.47 Å². The van der Waals surface area contributed by atoms with Crippen LogP contribution in [0.2, 0.25) is 0 Å². The molecule has 0 saturated heterocycles. The summed E-state index contributed by atoms with van der Waals surface area (Å²) in [5, 5.41) is 11.2. The molecule has 0 saturated carbocycles. The molecule has 1 aliphatic rings. The maximum absolute atomic E-state index is 13.0. The standard InChI is InChI=1S/C18H18N2O5/c1-3-13-11-19(14-6-4-5-7-17(14)25-13)18(21)12-8-9-16(24-2)15(10-12)20(22)23/h4-10,13H,3,11H2,1-2H3. The normalized spacial score (nSPS) is 15.9. The molecule has 130 valence electrons. The number of benzene rings is 2. The fourth-order valence-corrected chi connectivity index (χ4v) is 2.82. The Hall–Kier alpha value is -3.09. The van der Waals surface area contributed by atoms with Gasteiger partial charge in [0, 0.05) is 11.6 Å². The average Bonchev–Trinajstić information content (AvgIpc) is 2.65. The van der Waals surface area contributed by atoms with Gasteiger partial charge < -0.3 is 14.4 Å². The summed E-state index contributed by atoms with van der Waals surface area (Å²) < 4.78 is 10.9. The number of nitro benzene ring substituents is 1. The number of nitro groups is 1. The van der Waals surface area contributed by atoms with Gasteiger partial charge in [0.05, 0.1) is 24.3 Å². The van der Waals surface area contributed by atoms with Gasteiger partial charge in [-0.3, -0.25) is 14.9 Å². The number of carbonyl (C=O) groups excluding carboxylic acids is 1. The third kappa shape index (κ3) is 3.13. The molecule has 1 amide bonds. The zero-order valence-corrected chi connectivity index (χ0v) is 14.0. The van der Waals surface area contributed by atoms with Crippen LogP contribution in [0.1, 0.15) is 23.7 Å². The lowest BCUT2D eigenvalue weighted by atomic mass is 10.1. The number of anilines is 1. The molecule has 0 N–H and O–H groups in total. The van der Waals surface area contributed by atoms with E-state index in [2.05, 4.69) is 0 Å². The number of hydrogen-bond acceptors (Lipinski definition) is 5. The molecule has 1 atom stereocenters. The third-order valence-electron chi connectivity index (χ3n) is 4.16. The van der Waals surface area contributed by atoms with E-state index in [0.717, 1.165) is 6.42 Å². The van der Waals surface area contributed by atoms with E-state index in [0.29, 0.717) is 18.0 Å². The van der Waals surface area contributed by atoms with Crippen molar-refractivity contribution in [3.63, 3.8) is 0 Å². The lowest BCUT2D eigenvalue weighted by molar-refractivity contribution is -0.385. The fourth-order valence-electron chi connectivity index (χ4n) is 2.82. The number of hydrogen-bond donors (Lipinski definition) is 0. The molecule has 0 aliphatic carbocycles. The lowest BCUT2D eigenvalue weighted by Gasteiger charge is -2.34. The number of amides is 1. The molecule has 7 nitrogen and oxygen atoms in total. The van der Waals surface area contributed by atoms with E-state index in [1.54, 1.807) is 11.0 Å². The van der Waals surface area contributed by atoms with Crippen molar-refractivity contribution >= 4 is 17.3 Å². The Kier molecular flexibility index (Phi) is 4.56. The summed E-state index contributed by atoms with van der Waals surface area (Å²) in [5.74, 6) is 0.451. The van der Waals surface area contributed by atoms with Crippen molar-refractivity contribution in [2.75, 3.05) is 18.6 Å². The van der Waals surface area contributed by atoms with Gasteiger partial charge in [-0.25, -0.2) is 0 Å². The van der Waals surface area contributed by atoms with E-state index in [9.17, 15) is 14.9 Å². The van der Waals surface area contributed by atoms with Crippen LogP contribution in [0.4, 0.5) is 11.4 Å². The van der Waals surface area contributed by atoms with E-state index >= 15 is 0 Å². The van der Waals surface area contributed by atoms with Crippen molar-refractivity contribution < 1.29 is 19.2 Å². The van der Waals surface area contributed by atoms with Crippen LogP contribution in [0.15, 0.2) is 42.5 Å². The van der Waals surface area contributed by atoms with Gasteiger partial charge in [0.2, 0.25) is 0 Å². The number of para-hydroxylation sites is 2. The molecule has 7 heteroatoms. The molecule has 3 rings (SSSR count). The van der Waals surface area contributed by atoms with Crippen LogP contribution in [0.3, 0.4) is 0 Å². The van der Waals surface area contributed by atoms with Gasteiger partial charge in [0.25, 0.3) is 5.91 Å². The Balaban J connectivity index is 2.00. The summed E-state index contributed by atoms with van der Waals surface area (Å²) in [6.45, 7) is 2.38. The number of fused-ring (bicyclic) bond motifs is 1. The van der Waals surface area contributed by atoms with Crippen LogP contribution in [0.5, 0.6) is 11.5 Å². The van der Waals surface area contributed by atoms with Gasteiger partial charge in [-0.15, -0.1) is 0 Å². The predicted octanol–water partition coefficient (Wildman–Crippen LogP) is 3.42. The summed E-state index contributed by atoms with van der Waals surface area (Å²) in [4.78, 5) is 25.3. The first-order chi connectivity index (χ1) is 12.0. The number of carbonyl (C=O) groups is 1. The van der Waals surface area contributed by atoms with Crippen molar-refractivity contribution in [3.05, 3.63) is 58.1 Å². The molecule has 2 aromatic carbocycles. The highest BCUT2D eigenvalue weighted by Crippen LogP contribution is 2.35. The highest BCUT2D eigenvalue weighted by molar-refractivity contribution is 6.07. The van der Waals surface area contributed by atoms with E-state index < -0.39 is 4.92 Å². The van der Waals surface area contributed by atoms with Crippen molar-refractivity contribution in [1.82, 2.24) is 0 Å². The highest BCUT2D eigenvalue weighted by Gasteiger charge is 2.30. The van der Waals surface area contributed by atoms with Crippen LogP contribution in [0.25, 0.3) is 0 Å². The molecule has 0 radical (unpaired) electrons. The van der Waals surface area contributed by atoms with Crippen LogP contribution >= 0.6 is 0 Å². The summed E-state index contributed by atoms with van der Waals surface area (Å²) in [5.41, 5.74) is 0.664. The molecule has 0 bridgehead atoms. The van der Waals surface area contributed by atoms with Crippen LogP contribution in [-0.4, -0.2) is 30.6 Å². The summed E-state index contributed by atoms with van der Waals surface area (Å²) >= 11 is 0. The molecule has 0 fully saturated rings. The molecule has 2 aromatic rings. The highest BCUT2D eigenvalue weighted by atomic mass is 16.6. The SMILES string of the molecule is CCC1CN(C(=O)c2ccc(OC)c([N+](=O)[O-])c2)c2ccccc2O1. The molecule has 25 heavy (non-hydrogen) atoms. The Morgan fingerprint density at radius 3 is 2.80 bits per heavy atom. The van der Waals surface area contributed by atoms with Crippen molar-refractivity contribution in [2.24, 2.45) is 0 Å². The smallest absolute Gasteiger partial charge is 0.311 e. The van der Waals surface area contributed by atoms with Crippen molar-refractivity contribution in [2.45, 2.75) is 19.4 Å². The number of rotatable bonds is 4. The Labute approximate surface area is 144 Å². The molecule has 1 heterocycles. The zero-order chi connectivity index (χ0) is 18.0. The summed E-state index contributed by atoms with van der Waals surface area (Å²) in [6, 6.07) is 11.5. The second-order valence-electron chi connectivity index (χ2n) is 5.68. The van der Waals surface area contributed by atoms with Crippen LogP contribution < -0.4 is 14.4 Å². The van der Waals surface area contributed by atoms with Gasteiger partial charge in [-0.2, -0.15) is 0 Å². The van der Waals surface area contributed by atoms with Crippen LogP contribution in [0, 0.1) is 10.1 Å². The second-order valence-corrected chi connectivity index (χ2v) is 5.68. The third-order valence-corrected chi connectivity index (χ3v) is 4.16. The average molecular weight is 342 g/mol. The van der Waals surface area contributed by atoms with Crippen molar-refractivity contribution in [3.8, 4) is 11.5 Å². The monoisotopic (exact) mass is 342 g/mol. The Morgan fingerprint density at radius 1 is 1.36 bits per heavy atom. The first-order valence-corrected chi connectivity index (χ1v) is 7.95. The first-order valence-electron chi connectivity index (χ1n) is 7.95. The predicted molar refractivity (Wildman–Crippen MR) is 92.5 cm³/mol. The molecule has 0 aromatic heterocycles. The summed E-state index contributed by atoms with van der Waals surface area (Å²) in [7, 11) is 1.36. The molecular weight excluding hydrogens is 324 g/mol. The summed E-state index contributed by atoms with van der Waals surface area (Å²) in [6.07, 6.45) is 0.632. The lowest BCUT2D eigenvalue weighted by Crippen LogP contribution is -2.43. The topological polar surface area (TPSA) is 81.9 Å². The molecular formula is C18H18N2O5. The van der Waals surface area contributed by atoms with Gasteiger partial charge in [-0.1, -0.05) is 19.1 Å². The quantitative estimate of drug-likeness (QED) is 0.628. The van der Waals surface area contributed by atoms with Gasteiger partial charge in [0.15, 0.2) is 5.75 Å². The fraction of sp³-hybridized carbons (Fsp3) is 0.278. The minimum Gasteiger partial charge on any atom is -0.490 e. The number of ether oxygens (including phenoxy) is 2. The first kappa shape index (κ1) is 16.8. The Morgan fingerprint density at radius 2 is 2.12 bits per heavy atom. The van der Waals surface area contributed by atoms with Gasteiger partial charge in [-0.05, 0) is 30.7 Å². The molecule has 1 aliphatic heterocycles. The minimum atomic E-state index is -0.558. The minimum absolute atomic E-state index is 0.118. The van der Waals surface area contributed by atoms with E-state index in [1.807, 2.05) is 25.1 Å². The van der Waals surface area contributed by atoms with Crippen LogP contribution in [-0.2, 0) is 0 Å².